The van der Waals surface area contributed by atoms with Crippen LogP contribution in [0.15, 0.2) is 42.5 Å². The molecular formula is C18H20N. The highest BCUT2D eigenvalue weighted by Crippen LogP contribution is 2.24. The van der Waals surface area contributed by atoms with Crippen molar-refractivity contribution in [2.45, 2.75) is 32.7 Å². The summed E-state index contributed by atoms with van der Waals surface area (Å²) in [5.41, 5.74) is 5.69. The Labute approximate surface area is 115 Å². The fourth-order valence-corrected chi connectivity index (χ4v) is 2.81. The van der Waals surface area contributed by atoms with Crippen molar-refractivity contribution in [1.82, 2.24) is 0 Å². The second kappa shape index (κ2) is 5.48. The molecule has 0 saturated carbocycles. The number of hydrogen-bond donors (Lipinski definition) is 0. The van der Waals surface area contributed by atoms with Crippen LogP contribution in [0.5, 0.6) is 0 Å². The third-order valence-corrected chi connectivity index (χ3v) is 3.90. The predicted molar refractivity (Wildman–Crippen MR) is 80.5 cm³/mol. The first-order valence-electron chi connectivity index (χ1n) is 7.18. The van der Waals surface area contributed by atoms with E-state index in [-0.39, 0.29) is 0 Å². The van der Waals surface area contributed by atoms with Crippen LogP contribution in [-0.4, -0.2) is 6.54 Å². The maximum atomic E-state index is 3.18. The van der Waals surface area contributed by atoms with Crippen molar-refractivity contribution in [3.05, 3.63) is 65.2 Å². The topological polar surface area (TPSA) is 3.24 Å². The summed E-state index contributed by atoms with van der Waals surface area (Å²) in [7, 11) is 0. The molecule has 0 bridgehead atoms. The average molecular weight is 250 g/mol. The summed E-state index contributed by atoms with van der Waals surface area (Å²) < 4.78 is 0. The van der Waals surface area contributed by atoms with Gasteiger partial charge in [-0.3, -0.25) is 0 Å². The van der Waals surface area contributed by atoms with Gasteiger partial charge in [0.05, 0.1) is 0 Å². The Balaban J connectivity index is 1.77. The van der Waals surface area contributed by atoms with Crippen LogP contribution in [0, 0.1) is 6.07 Å². The van der Waals surface area contributed by atoms with E-state index in [0.29, 0.717) is 0 Å². The van der Waals surface area contributed by atoms with Gasteiger partial charge >= 0.3 is 0 Å². The SMILES string of the molecule is CCCc1ccc(N2CCc3c[c]ccc3C2)cc1. The van der Waals surface area contributed by atoms with Crippen LogP contribution in [-0.2, 0) is 19.4 Å². The molecule has 0 aliphatic carbocycles. The number of rotatable bonds is 3. The maximum absolute atomic E-state index is 3.18. The molecular weight excluding hydrogens is 230 g/mol. The molecule has 0 N–H and O–H groups in total. The van der Waals surface area contributed by atoms with Crippen molar-refractivity contribution in [2.75, 3.05) is 11.4 Å². The van der Waals surface area contributed by atoms with Crippen molar-refractivity contribution >= 4 is 5.69 Å². The lowest BCUT2D eigenvalue weighted by molar-refractivity contribution is 0.731. The zero-order chi connectivity index (χ0) is 13.1. The first-order chi connectivity index (χ1) is 9.36. The van der Waals surface area contributed by atoms with Gasteiger partial charge in [0.2, 0.25) is 0 Å². The summed E-state index contributed by atoms with van der Waals surface area (Å²) in [6.45, 7) is 4.36. The smallest absolute Gasteiger partial charge is 0.0432 e. The molecule has 1 heterocycles. The van der Waals surface area contributed by atoms with Gasteiger partial charge in [-0.05, 0) is 47.7 Å². The van der Waals surface area contributed by atoms with Crippen molar-refractivity contribution in [3.63, 3.8) is 0 Å². The fraction of sp³-hybridized carbons (Fsp3) is 0.333. The molecule has 1 nitrogen and oxygen atoms in total. The van der Waals surface area contributed by atoms with E-state index in [4.69, 9.17) is 0 Å². The lowest BCUT2D eigenvalue weighted by Gasteiger charge is -2.30. The van der Waals surface area contributed by atoms with E-state index >= 15 is 0 Å². The quantitative estimate of drug-likeness (QED) is 0.796. The molecule has 2 aromatic rings. The van der Waals surface area contributed by atoms with E-state index in [1.165, 1.54) is 35.2 Å². The minimum atomic E-state index is 1.02. The third-order valence-electron chi connectivity index (χ3n) is 3.90. The maximum Gasteiger partial charge on any atom is 0.0432 e. The van der Waals surface area contributed by atoms with Crippen molar-refractivity contribution < 1.29 is 0 Å². The fourth-order valence-electron chi connectivity index (χ4n) is 2.81. The highest BCUT2D eigenvalue weighted by Gasteiger charge is 2.15. The highest BCUT2D eigenvalue weighted by molar-refractivity contribution is 5.50. The second-order valence-electron chi connectivity index (χ2n) is 5.28. The summed E-state index contributed by atoms with van der Waals surface area (Å²) in [6.07, 6.45) is 3.52. The number of hydrogen-bond acceptors (Lipinski definition) is 1. The summed E-state index contributed by atoms with van der Waals surface area (Å²) in [5, 5.41) is 0. The van der Waals surface area contributed by atoms with Gasteiger partial charge in [-0.25, -0.2) is 0 Å². The van der Waals surface area contributed by atoms with Crippen molar-refractivity contribution in [1.29, 1.82) is 0 Å². The molecule has 0 fully saturated rings. The molecule has 0 spiro atoms. The predicted octanol–water partition coefficient (Wildman–Crippen LogP) is 4.00. The zero-order valence-electron chi connectivity index (χ0n) is 11.5. The lowest BCUT2D eigenvalue weighted by atomic mass is 9.99. The summed E-state index contributed by atoms with van der Waals surface area (Å²) in [5.74, 6) is 0. The van der Waals surface area contributed by atoms with Gasteiger partial charge < -0.3 is 4.90 Å². The molecule has 0 amide bonds. The van der Waals surface area contributed by atoms with Crippen molar-refractivity contribution in [2.24, 2.45) is 0 Å². The number of aryl methyl sites for hydroxylation is 1. The molecule has 2 aromatic carbocycles. The Morgan fingerprint density at radius 2 is 1.95 bits per heavy atom. The van der Waals surface area contributed by atoms with Crippen LogP contribution in [0.1, 0.15) is 30.0 Å². The largest absolute Gasteiger partial charge is 0.367 e. The Morgan fingerprint density at radius 3 is 2.74 bits per heavy atom. The molecule has 3 rings (SSSR count). The molecule has 1 radical (unpaired) electrons. The molecule has 0 atom stereocenters. The summed E-state index contributed by atoms with van der Waals surface area (Å²) in [4.78, 5) is 2.47. The van der Waals surface area contributed by atoms with Gasteiger partial charge in [0, 0.05) is 18.8 Å². The van der Waals surface area contributed by atoms with E-state index in [0.717, 1.165) is 19.5 Å². The molecule has 0 aromatic heterocycles. The number of anilines is 1. The third kappa shape index (κ3) is 2.65. The number of benzene rings is 2. The average Bonchev–Trinajstić information content (AvgIpc) is 2.48. The highest BCUT2D eigenvalue weighted by atomic mass is 15.1. The minimum absolute atomic E-state index is 1.02. The number of nitrogens with zero attached hydrogens (tertiary/aromatic N) is 1. The van der Waals surface area contributed by atoms with Crippen LogP contribution in [0.25, 0.3) is 0 Å². The standard InChI is InChI=1S/C18H20N/c1-2-5-15-8-10-18(11-9-15)19-13-12-16-6-3-4-7-17(16)14-19/h4,6-11H,2,5,12-14H2,1H3. The molecule has 19 heavy (non-hydrogen) atoms. The van der Waals surface area contributed by atoms with Crippen molar-refractivity contribution in [3.8, 4) is 0 Å². The Kier molecular flexibility index (Phi) is 3.54. The van der Waals surface area contributed by atoms with Gasteiger partial charge in [0.1, 0.15) is 0 Å². The van der Waals surface area contributed by atoms with E-state index in [1.54, 1.807) is 0 Å². The molecule has 1 aliphatic rings. The van der Waals surface area contributed by atoms with Gasteiger partial charge in [-0.1, -0.05) is 43.7 Å². The van der Waals surface area contributed by atoms with Crippen LogP contribution >= 0.6 is 0 Å². The van der Waals surface area contributed by atoms with Gasteiger partial charge in [-0.15, -0.1) is 0 Å². The van der Waals surface area contributed by atoms with Gasteiger partial charge in [0.25, 0.3) is 0 Å². The Hall–Kier alpha value is -1.76. The number of fused-ring (bicyclic) bond motifs is 1. The monoisotopic (exact) mass is 250 g/mol. The minimum Gasteiger partial charge on any atom is -0.367 e. The van der Waals surface area contributed by atoms with Gasteiger partial charge in [-0.2, -0.15) is 0 Å². The second-order valence-corrected chi connectivity index (χ2v) is 5.28. The molecule has 1 aliphatic heterocycles. The van der Waals surface area contributed by atoms with Crippen LogP contribution in [0.3, 0.4) is 0 Å². The Morgan fingerprint density at radius 1 is 1.11 bits per heavy atom. The van der Waals surface area contributed by atoms with E-state index < -0.39 is 0 Å². The normalized spacial score (nSPS) is 14.3. The summed E-state index contributed by atoms with van der Waals surface area (Å²) >= 11 is 0. The Bertz CT molecular complexity index is 542. The first-order valence-corrected chi connectivity index (χ1v) is 7.18. The van der Waals surface area contributed by atoms with Crippen LogP contribution < -0.4 is 4.90 Å². The van der Waals surface area contributed by atoms with E-state index in [9.17, 15) is 0 Å². The molecule has 1 heteroatoms. The van der Waals surface area contributed by atoms with E-state index in [2.05, 4.69) is 54.3 Å². The van der Waals surface area contributed by atoms with Gasteiger partial charge in [0.15, 0.2) is 0 Å². The lowest BCUT2D eigenvalue weighted by Crippen LogP contribution is -2.30. The van der Waals surface area contributed by atoms with Crippen LogP contribution in [0.2, 0.25) is 0 Å². The summed E-state index contributed by atoms with van der Waals surface area (Å²) in [6, 6.07) is 18.6. The molecule has 0 saturated heterocycles. The van der Waals surface area contributed by atoms with Crippen LogP contribution in [0.4, 0.5) is 5.69 Å². The zero-order valence-corrected chi connectivity index (χ0v) is 11.5. The molecule has 97 valence electrons. The first kappa shape index (κ1) is 12.3. The molecule has 0 unspecified atom stereocenters. The van der Waals surface area contributed by atoms with E-state index in [1.807, 2.05) is 6.07 Å².